The number of nitrogens with zero attached hydrogens (tertiary/aromatic N) is 5. The van der Waals surface area contributed by atoms with Gasteiger partial charge in [-0.1, -0.05) is 18.7 Å². The van der Waals surface area contributed by atoms with E-state index in [0.29, 0.717) is 30.8 Å². The number of thioether (sulfide) groups is 1. The van der Waals surface area contributed by atoms with E-state index in [2.05, 4.69) is 11.6 Å². The Labute approximate surface area is 261 Å². The maximum absolute atomic E-state index is 14.9. The van der Waals surface area contributed by atoms with E-state index in [9.17, 15) is 31.5 Å². The molecule has 13 heteroatoms. The van der Waals surface area contributed by atoms with Gasteiger partial charge in [-0.3, -0.25) is 14.3 Å². The van der Waals surface area contributed by atoms with E-state index < -0.39 is 29.4 Å². The van der Waals surface area contributed by atoms with E-state index in [0.717, 1.165) is 18.2 Å². The van der Waals surface area contributed by atoms with E-state index in [1.807, 2.05) is 18.7 Å². The van der Waals surface area contributed by atoms with Gasteiger partial charge in [-0.05, 0) is 56.0 Å². The molecule has 0 N–H and O–H groups in total. The lowest BCUT2D eigenvalue weighted by atomic mass is 9.96. The van der Waals surface area contributed by atoms with E-state index in [1.54, 1.807) is 9.80 Å². The van der Waals surface area contributed by atoms with Crippen molar-refractivity contribution in [1.29, 1.82) is 0 Å². The number of carbonyl (C=O) groups is 1. The van der Waals surface area contributed by atoms with Gasteiger partial charge in [0.05, 0.1) is 11.1 Å². The fraction of sp³-hybridized carbons (Fsp3) is 0.469. The molecule has 2 aromatic carbocycles. The molecule has 0 radical (unpaired) electrons. The summed E-state index contributed by atoms with van der Waals surface area (Å²) in [5, 5.41) is 0.184. The summed E-state index contributed by atoms with van der Waals surface area (Å²) in [6.07, 6.45) is -4.05. The SMILES string of the molecule is C=CC(=O)N1[C@H](C)CN(c2nc(=O)n3c4c(c(-c5ccc(F)cc5)c(C(F)(F)F)cc24)SC[C@H](CN2CC[C@H](F)C2)C3)C[C@@H]1C. The molecule has 4 atom stereocenters. The summed E-state index contributed by atoms with van der Waals surface area (Å²) < 4.78 is 74.2. The Bertz CT molecular complexity index is 1680. The van der Waals surface area contributed by atoms with Crippen molar-refractivity contribution in [3.8, 4) is 11.1 Å². The summed E-state index contributed by atoms with van der Waals surface area (Å²) in [6.45, 7) is 9.31. The van der Waals surface area contributed by atoms with Crippen molar-refractivity contribution in [2.45, 2.75) is 56.1 Å². The van der Waals surface area contributed by atoms with Gasteiger partial charge in [0.15, 0.2) is 0 Å². The molecule has 0 bridgehead atoms. The Kier molecular flexibility index (Phi) is 8.44. The third-order valence-corrected chi connectivity index (χ3v) is 10.2. The normalized spacial score (nSPS) is 24.2. The largest absolute Gasteiger partial charge is 0.417 e. The highest BCUT2D eigenvalue weighted by molar-refractivity contribution is 7.99. The van der Waals surface area contributed by atoms with Crippen molar-refractivity contribution in [1.82, 2.24) is 19.4 Å². The quantitative estimate of drug-likeness (QED) is 0.266. The summed E-state index contributed by atoms with van der Waals surface area (Å²) >= 11 is 1.24. The average molecular weight is 648 g/mol. The van der Waals surface area contributed by atoms with Crippen molar-refractivity contribution in [2.24, 2.45) is 5.92 Å². The molecule has 2 saturated heterocycles. The third kappa shape index (κ3) is 5.96. The molecule has 0 spiro atoms. The van der Waals surface area contributed by atoms with Crippen LogP contribution in [0.25, 0.3) is 22.0 Å². The third-order valence-electron chi connectivity index (χ3n) is 8.92. The Balaban J connectivity index is 1.56. The van der Waals surface area contributed by atoms with Gasteiger partial charge in [-0.15, -0.1) is 11.8 Å². The van der Waals surface area contributed by atoms with Gasteiger partial charge in [-0.2, -0.15) is 18.2 Å². The zero-order valence-corrected chi connectivity index (χ0v) is 25.8. The summed E-state index contributed by atoms with van der Waals surface area (Å²) in [6, 6.07) is 5.29. The minimum absolute atomic E-state index is 0.112. The Morgan fingerprint density at radius 3 is 2.40 bits per heavy atom. The maximum atomic E-state index is 14.9. The van der Waals surface area contributed by atoms with Gasteiger partial charge in [0.2, 0.25) is 5.91 Å². The minimum atomic E-state index is -4.78. The van der Waals surface area contributed by atoms with Crippen LogP contribution in [0.15, 0.2) is 52.7 Å². The molecule has 1 amide bonds. The van der Waals surface area contributed by atoms with Crippen LogP contribution in [0.2, 0.25) is 0 Å². The minimum Gasteiger partial charge on any atom is -0.352 e. The van der Waals surface area contributed by atoms with Crippen molar-refractivity contribution in [3.05, 3.63) is 64.9 Å². The number of anilines is 1. The molecule has 45 heavy (non-hydrogen) atoms. The predicted molar refractivity (Wildman–Crippen MR) is 165 cm³/mol. The van der Waals surface area contributed by atoms with Gasteiger partial charge in [0.25, 0.3) is 0 Å². The first-order chi connectivity index (χ1) is 21.3. The number of amides is 1. The Morgan fingerprint density at radius 1 is 1.11 bits per heavy atom. The second kappa shape index (κ2) is 12.1. The van der Waals surface area contributed by atoms with Crippen molar-refractivity contribution < 1.29 is 26.7 Å². The number of hydrogen-bond acceptors (Lipinski definition) is 6. The van der Waals surface area contributed by atoms with Gasteiger partial charge in [-0.25, -0.2) is 13.6 Å². The fourth-order valence-electron chi connectivity index (χ4n) is 7.05. The Hall–Kier alpha value is -3.45. The summed E-state index contributed by atoms with van der Waals surface area (Å²) in [5.74, 6) is -0.467. The molecule has 3 aliphatic rings. The number of rotatable bonds is 5. The lowest BCUT2D eigenvalue weighted by Gasteiger charge is -2.44. The van der Waals surface area contributed by atoms with Crippen LogP contribution in [-0.4, -0.2) is 82.0 Å². The van der Waals surface area contributed by atoms with Gasteiger partial charge < -0.3 is 9.80 Å². The number of aromatic nitrogens is 2. The average Bonchev–Trinajstić information content (AvgIpc) is 3.29. The van der Waals surface area contributed by atoms with E-state index >= 15 is 0 Å². The molecule has 7 nitrogen and oxygen atoms in total. The molecule has 240 valence electrons. The molecule has 3 aromatic rings. The number of hydrogen-bond donors (Lipinski definition) is 0. The van der Waals surface area contributed by atoms with Crippen molar-refractivity contribution in [2.75, 3.05) is 43.4 Å². The van der Waals surface area contributed by atoms with E-state index in [-0.39, 0.29) is 77.3 Å². The van der Waals surface area contributed by atoms with Crippen molar-refractivity contribution >= 4 is 34.4 Å². The molecular weight excluding hydrogens is 613 g/mol. The number of halogens is 5. The lowest BCUT2D eigenvalue weighted by Crippen LogP contribution is -2.58. The zero-order valence-electron chi connectivity index (χ0n) is 25.0. The summed E-state index contributed by atoms with van der Waals surface area (Å²) in [7, 11) is 0. The monoisotopic (exact) mass is 647 g/mol. The first kappa shape index (κ1) is 31.5. The number of alkyl halides is 4. The van der Waals surface area contributed by atoms with Crippen LogP contribution < -0.4 is 10.6 Å². The molecule has 6 rings (SSSR count). The molecule has 1 aromatic heterocycles. The smallest absolute Gasteiger partial charge is 0.352 e. The van der Waals surface area contributed by atoms with Crippen LogP contribution >= 0.6 is 11.8 Å². The van der Waals surface area contributed by atoms with Crippen LogP contribution in [-0.2, 0) is 17.5 Å². The second-order valence-corrected chi connectivity index (χ2v) is 13.3. The lowest BCUT2D eigenvalue weighted by molar-refractivity contribution is -0.137. The highest BCUT2D eigenvalue weighted by atomic mass is 32.2. The zero-order chi connectivity index (χ0) is 32.2. The van der Waals surface area contributed by atoms with Crippen LogP contribution in [0, 0.1) is 11.7 Å². The summed E-state index contributed by atoms with van der Waals surface area (Å²) in [5.41, 5.74) is -1.08. The molecule has 3 aliphatic heterocycles. The number of benzene rings is 2. The fourth-order valence-corrected chi connectivity index (χ4v) is 8.39. The Morgan fingerprint density at radius 2 is 1.80 bits per heavy atom. The highest BCUT2D eigenvalue weighted by Crippen LogP contribution is 2.48. The van der Waals surface area contributed by atoms with Gasteiger partial charge >= 0.3 is 11.9 Å². The van der Waals surface area contributed by atoms with Crippen LogP contribution in [0.3, 0.4) is 0 Å². The van der Waals surface area contributed by atoms with Gasteiger partial charge in [0, 0.05) is 73.0 Å². The molecule has 0 aliphatic carbocycles. The maximum Gasteiger partial charge on any atom is 0.417 e. The van der Waals surface area contributed by atoms with Gasteiger partial charge in [0.1, 0.15) is 17.8 Å². The molecule has 2 fully saturated rings. The van der Waals surface area contributed by atoms with Crippen molar-refractivity contribution in [3.63, 3.8) is 0 Å². The number of piperazine rings is 1. The first-order valence-corrected chi connectivity index (χ1v) is 16.0. The molecule has 0 unspecified atom stereocenters. The second-order valence-electron chi connectivity index (χ2n) is 12.2. The molecule has 4 heterocycles. The van der Waals surface area contributed by atoms with Crippen LogP contribution in [0.5, 0.6) is 0 Å². The van der Waals surface area contributed by atoms with E-state index in [4.69, 9.17) is 0 Å². The highest BCUT2D eigenvalue weighted by Gasteiger charge is 2.40. The number of likely N-dealkylation sites (tertiary alicyclic amines) is 1. The van der Waals surface area contributed by atoms with Crippen LogP contribution in [0.1, 0.15) is 25.8 Å². The number of carbonyl (C=O) groups excluding carboxylic acids is 1. The van der Waals surface area contributed by atoms with E-state index in [1.165, 1.54) is 34.5 Å². The predicted octanol–water partition coefficient (Wildman–Crippen LogP) is 5.60. The first-order valence-electron chi connectivity index (χ1n) is 15.0. The molecular formula is C32H34F5N5O2S. The molecule has 0 saturated carbocycles. The summed E-state index contributed by atoms with van der Waals surface area (Å²) in [4.78, 5) is 36.5. The van der Waals surface area contributed by atoms with Crippen LogP contribution in [0.4, 0.5) is 27.8 Å². The topological polar surface area (TPSA) is 61.7 Å². The standard InChI is InChI=1S/C32H34F5N5O2S/c1-4-26(43)42-18(2)12-40(13-19(42)3)30-24-11-25(32(35,36)37)27(21-5-7-22(33)8-6-21)29-28(24)41(31(44)38-30)15-20(17-45-29)14-39-10-9-23(34)16-39/h4-8,11,18-20,23H,1,9-10,12-17H2,2-3H3/t18-,19+,20-,23+/m1/s1.